The van der Waals surface area contributed by atoms with Crippen LogP contribution in [0.4, 0.5) is 27.8 Å². The van der Waals surface area contributed by atoms with Crippen molar-refractivity contribution in [1.29, 1.82) is 0 Å². The van der Waals surface area contributed by atoms with E-state index in [0.29, 0.717) is 17.0 Å². The lowest BCUT2D eigenvalue weighted by Gasteiger charge is -2.47. The Hall–Kier alpha value is -3.87. The van der Waals surface area contributed by atoms with Gasteiger partial charge in [-0.25, -0.2) is 18.7 Å². The first kappa shape index (κ1) is 21.9. The van der Waals surface area contributed by atoms with Gasteiger partial charge in [0, 0.05) is 11.6 Å². The summed E-state index contributed by atoms with van der Waals surface area (Å²) in [6.07, 6.45) is -2.70. The van der Waals surface area contributed by atoms with Gasteiger partial charge in [0.05, 0.1) is 31.5 Å². The van der Waals surface area contributed by atoms with Crippen LogP contribution in [0.5, 0.6) is 0 Å². The zero-order valence-electron chi connectivity index (χ0n) is 17.2. The molecule has 4 aromatic rings. The zero-order chi connectivity index (χ0) is 24.1. The SMILES string of the molecule is OC1(C(F)(F)F)CN(c2nc(-c3cc(-c4ccon4)n(Cc4ccccc4F)n3)ncc2F)C1. The zero-order valence-corrected chi connectivity index (χ0v) is 17.2. The molecule has 1 aliphatic heterocycles. The largest absolute Gasteiger partial charge is 0.420 e. The number of hydrogen-bond acceptors (Lipinski definition) is 7. The Kier molecular flexibility index (Phi) is 5.08. The van der Waals surface area contributed by atoms with E-state index in [0.717, 1.165) is 11.1 Å². The van der Waals surface area contributed by atoms with E-state index in [1.165, 1.54) is 23.1 Å². The molecule has 1 aliphatic rings. The molecule has 5 rings (SSSR count). The number of hydrogen-bond donors (Lipinski definition) is 1. The Morgan fingerprint density at radius 1 is 1.06 bits per heavy atom. The standard InChI is InChI=1S/C21H15F5N6O2/c22-13-4-2-1-3-12(13)9-32-17(15-5-6-34-30-15)7-16(29-32)18-27-8-14(23)19(28-18)31-10-20(33,11-31)21(24,25)26/h1-8,33H,9-11H2. The fourth-order valence-electron chi connectivity index (χ4n) is 3.60. The second kappa shape index (κ2) is 7.87. The van der Waals surface area contributed by atoms with Crippen molar-refractivity contribution in [3.63, 3.8) is 0 Å². The third kappa shape index (κ3) is 3.77. The molecular weight excluding hydrogens is 463 g/mol. The van der Waals surface area contributed by atoms with E-state index in [-0.39, 0.29) is 18.1 Å². The summed E-state index contributed by atoms with van der Waals surface area (Å²) in [6.45, 7) is -1.71. The fraction of sp³-hybridized carbons (Fsp3) is 0.238. The number of rotatable bonds is 5. The van der Waals surface area contributed by atoms with Crippen LogP contribution < -0.4 is 4.90 Å². The van der Waals surface area contributed by atoms with Gasteiger partial charge in [0.2, 0.25) is 0 Å². The van der Waals surface area contributed by atoms with Crippen LogP contribution in [0.15, 0.2) is 53.4 Å². The molecular formula is C21H15F5N6O2. The minimum atomic E-state index is -4.85. The van der Waals surface area contributed by atoms with E-state index >= 15 is 0 Å². The lowest BCUT2D eigenvalue weighted by atomic mass is 9.93. The van der Waals surface area contributed by atoms with E-state index in [4.69, 9.17) is 4.52 Å². The third-order valence-electron chi connectivity index (χ3n) is 5.44. The first-order chi connectivity index (χ1) is 16.1. The number of benzene rings is 1. The first-order valence-corrected chi connectivity index (χ1v) is 9.93. The van der Waals surface area contributed by atoms with E-state index in [1.807, 2.05) is 0 Å². The quantitative estimate of drug-likeness (QED) is 0.440. The topological polar surface area (TPSA) is 93.1 Å². The maximum Gasteiger partial charge on any atom is 0.420 e. The molecule has 1 aromatic carbocycles. The first-order valence-electron chi connectivity index (χ1n) is 9.93. The molecule has 8 nitrogen and oxygen atoms in total. The highest BCUT2D eigenvalue weighted by atomic mass is 19.4. The predicted octanol–water partition coefficient (Wildman–Crippen LogP) is 3.44. The number of aromatic nitrogens is 5. The molecule has 1 fully saturated rings. The van der Waals surface area contributed by atoms with Gasteiger partial charge in [-0.1, -0.05) is 23.4 Å². The fourth-order valence-corrected chi connectivity index (χ4v) is 3.60. The third-order valence-corrected chi connectivity index (χ3v) is 5.44. The van der Waals surface area contributed by atoms with E-state index in [2.05, 4.69) is 20.2 Å². The summed E-state index contributed by atoms with van der Waals surface area (Å²) in [6, 6.07) is 9.20. The number of aliphatic hydroxyl groups is 1. The van der Waals surface area contributed by atoms with Crippen LogP contribution in [0, 0.1) is 11.6 Å². The maximum absolute atomic E-state index is 14.3. The summed E-state index contributed by atoms with van der Waals surface area (Å²) in [5.41, 5.74) is -1.63. The molecule has 0 saturated carbocycles. The molecule has 0 atom stereocenters. The molecule has 0 unspecified atom stereocenters. The molecule has 4 heterocycles. The van der Waals surface area contributed by atoms with E-state index < -0.39 is 42.3 Å². The lowest BCUT2D eigenvalue weighted by molar-refractivity contribution is -0.267. The predicted molar refractivity (Wildman–Crippen MR) is 107 cm³/mol. The Morgan fingerprint density at radius 2 is 1.82 bits per heavy atom. The molecule has 34 heavy (non-hydrogen) atoms. The summed E-state index contributed by atoms with van der Waals surface area (Å²) < 4.78 is 73.7. The smallest absolute Gasteiger partial charge is 0.378 e. The Morgan fingerprint density at radius 3 is 2.50 bits per heavy atom. The normalized spacial score (nSPS) is 15.4. The average Bonchev–Trinajstić information content (AvgIpc) is 3.43. The Balaban J connectivity index is 1.50. The van der Waals surface area contributed by atoms with Crippen LogP contribution in [-0.4, -0.2) is 54.9 Å². The highest BCUT2D eigenvalue weighted by molar-refractivity contribution is 5.63. The monoisotopic (exact) mass is 478 g/mol. The van der Waals surface area contributed by atoms with Crippen molar-refractivity contribution in [1.82, 2.24) is 24.9 Å². The van der Waals surface area contributed by atoms with Gasteiger partial charge in [-0.2, -0.15) is 18.3 Å². The number of anilines is 1. The lowest BCUT2D eigenvalue weighted by Crippen LogP contribution is -2.69. The minimum Gasteiger partial charge on any atom is -0.378 e. The van der Waals surface area contributed by atoms with Crippen LogP contribution in [0.25, 0.3) is 22.9 Å². The minimum absolute atomic E-state index is 0.0215. The van der Waals surface area contributed by atoms with Gasteiger partial charge in [0.1, 0.15) is 23.5 Å². The van der Waals surface area contributed by atoms with Crippen molar-refractivity contribution >= 4 is 5.82 Å². The summed E-state index contributed by atoms with van der Waals surface area (Å²) in [7, 11) is 0. The number of nitrogens with zero attached hydrogens (tertiary/aromatic N) is 6. The second-order valence-corrected chi connectivity index (χ2v) is 7.80. The van der Waals surface area contributed by atoms with Gasteiger partial charge in [-0.05, 0) is 12.1 Å². The van der Waals surface area contributed by atoms with E-state index in [1.54, 1.807) is 24.3 Å². The van der Waals surface area contributed by atoms with Crippen molar-refractivity contribution in [3.05, 3.63) is 66.1 Å². The summed E-state index contributed by atoms with van der Waals surface area (Å²) in [5.74, 6) is -1.86. The number of halogens is 5. The molecule has 0 bridgehead atoms. The van der Waals surface area contributed by atoms with Crippen molar-refractivity contribution in [2.45, 2.75) is 18.3 Å². The van der Waals surface area contributed by atoms with Crippen LogP contribution in [0.3, 0.4) is 0 Å². The molecule has 176 valence electrons. The molecule has 0 radical (unpaired) electrons. The van der Waals surface area contributed by atoms with Gasteiger partial charge < -0.3 is 14.5 Å². The second-order valence-electron chi connectivity index (χ2n) is 7.80. The van der Waals surface area contributed by atoms with Gasteiger partial charge >= 0.3 is 6.18 Å². The maximum atomic E-state index is 14.3. The Labute approximate surface area is 188 Å². The van der Waals surface area contributed by atoms with Gasteiger partial charge in [0.15, 0.2) is 23.1 Å². The van der Waals surface area contributed by atoms with Crippen LogP contribution in [-0.2, 0) is 6.54 Å². The van der Waals surface area contributed by atoms with Gasteiger partial charge in [-0.15, -0.1) is 0 Å². The van der Waals surface area contributed by atoms with Crippen molar-refractivity contribution < 1.29 is 31.6 Å². The van der Waals surface area contributed by atoms with Crippen LogP contribution >= 0.6 is 0 Å². The van der Waals surface area contributed by atoms with Gasteiger partial charge in [-0.3, -0.25) is 4.68 Å². The Bertz CT molecular complexity index is 1330. The van der Waals surface area contributed by atoms with E-state index in [9.17, 15) is 27.1 Å². The average molecular weight is 478 g/mol. The summed E-state index contributed by atoms with van der Waals surface area (Å²) >= 11 is 0. The molecule has 3 aromatic heterocycles. The van der Waals surface area contributed by atoms with Crippen LogP contribution in [0.1, 0.15) is 5.56 Å². The van der Waals surface area contributed by atoms with Crippen molar-refractivity contribution in [3.8, 4) is 22.9 Å². The highest BCUT2D eigenvalue weighted by Crippen LogP contribution is 2.40. The highest BCUT2D eigenvalue weighted by Gasteiger charge is 2.61. The summed E-state index contributed by atoms with van der Waals surface area (Å²) in [4.78, 5) is 8.91. The number of alkyl halides is 3. The molecule has 1 saturated heterocycles. The van der Waals surface area contributed by atoms with Gasteiger partial charge in [0.25, 0.3) is 0 Å². The summed E-state index contributed by atoms with van der Waals surface area (Å²) in [5, 5.41) is 17.9. The molecule has 0 amide bonds. The molecule has 0 spiro atoms. The van der Waals surface area contributed by atoms with Crippen molar-refractivity contribution in [2.24, 2.45) is 0 Å². The van der Waals surface area contributed by atoms with Crippen molar-refractivity contribution in [2.75, 3.05) is 18.0 Å². The number of β-amino-alcohol motifs (C(OH)–C–C–N with tert-alkyl or cyclic N) is 1. The molecule has 0 aliphatic carbocycles. The van der Waals surface area contributed by atoms with Crippen LogP contribution in [0.2, 0.25) is 0 Å². The molecule has 1 N–H and O–H groups in total. The molecule has 13 heteroatoms.